The number of hydrogen-bond acceptors (Lipinski definition) is 2. The zero-order valence-electron chi connectivity index (χ0n) is 9.12. The van der Waals surface area contributed by atoms with Gasteiger partial charge in [-0.2, -0.15) is 0 Å². The second-order valence-electron chi connectivity index (χ2n) is 4.22. The van der Waals surface area contributed by atoms with E-state index in [2.05, 4.69) is 13.8 Å². The monoisotopic (exact) mass is 193 g/mol. The molecule has 1 unspecified atom stereocenters. The summed E-state index contributed by atoms with van der Waals surface area (Å²) in [6, 6.07) is 5.85. The summed E-state index contributed by atoms with van der Waals surface area (Å²) in [5.74, 6) is 0.842. The summed E-state index contributed by atoms with van der Waals surface area (Å²) in [6.07, 6.45) is 0.729. The van der Waals surface area contributed by atoms with E-state index in [1.807, 2.05) is 19.1 Å². The van der Waals surface area contributed by atoms with Crippen LogP contribution in [0, 0.1) is 0 Å². The van der Waals surface area contributed by atoms with Gasteiger partial charge in [0.25, 0.3) is 0 Å². The second kappa shape index (κ2) is 4.47. The zero-order valence-corrected chi connectivity index (χ0v) is 9.12. The Morgan fingerprint density at radius 2 is 1.93 bits per heavy atom. The van der Waals surface area contributed by atoms with E-state index in [1.54, 1.807) is 6.07 Å². The molecule has 0 radical (unpaired) electrons. The number of phenolic OH excluding ortho intramolecular Hbond substituents is 1. The maximum atomic E-state index is 9.61. The Labute approximate surface area is 85.8 Å². The van der Waals surface area contributed by atoms with E-state index in [0.717, 1.165) is 12.0 Å². The summed E-state index contributed by atoms with van der Waals surface area (Å²) in [5, 5.41) is 9.61. The minimum atomic E-state index is 0.0864. The number of benzene rings is 1. The molecule has 14 heavy (non-hydrogen) atoms. The normalized spacial score (nSPS) is 13.2. The Kier molecular flexibility index (Phi) is 3.53. The van der Waals surface area contributed by atoms with E-state index >= 15 is 0 Å². The van der Waals surface area contributed by atoms with E-state index in [9.17, 15) is 5.11 Å². The molecule has 0 aliphatic rings. The molecule has 1 aromatic rings. The van der Waals surface area contributed by atoms with E-state index in [0.29, 0.717) is 11.7 Å². The van der Waals surface area contributed by atoms with Gasteiger partial charge in [0.1, 0.15) is 5.75 Å². The molecule has 0 spiro atoms. The third kappa shape index (κ3) is 2.74. The van der Waals surface area contributed by atoms with Crippen molar-refractivity contribution in [3.63, 3.8) is 0 Å². The fourth-order valence-electron chi connectivity index (χ4n) is 1.47. The van der Waals surface area contributed by atoms with Crippen molar-refractivity contribution >= 4 is 0 Å². The van der Waals surface area contributed by atoms with Gasteiger partial charge in [0.2, 0.25) is 0 Å². The third-order valence-corrected chi connectivity index (χ3v) is 2.31. The number of hydrogen-bond donors (Lipinski definition) is 2. The van der Waals surface area contributed by atoms with E-state index in [-0.39, 0.29) is 6.04 Å². The molecule has 2 heteroatoms. The SMILES string of the molecule is CC(N)Cc1cc(C(C)C)ccc1O. The van der Waals surface area contributed by atoms with Crippen molar-refractivity contribution in [1.29, 1.82) is 0 Å². The molecule has 0 aliphatic heterocycles. The van der Waals surface area contributed by atoms with E-state index in [1.165, 1.54) is 5.56 Å². The first kappa shape index (κ1) is 11.1. The summed E-state index contributed by atoms with van der Waals surface area (Å²) >= 11 is 0. The molecular formula is C12H19NO. The highest BCUT2D eigenvalue weighted by Gasteiger charge is 2.07. The first-order valence-corrected chi connectivity index (χ1v) is 5.08. The molecule has 0 saturated carbocycles. The predicted molar refractivity (Wildman–Crippen MR) is 59.5 cm³/mol. The maximum Gasteiger partial charge on any atom is 0.118 e. The fraction of sp³-hybridized carbons (Fsp3) is 0.500. The molecule has 0 aliphatic carbocycles. The summed E-state index contributed by atoms with van der Waals surface area (Å²) in [4.78, 5) is 0. The minimum absolute atomic E-state index is 0.0864. The van der Waals surface area contributed by atoms with Crippen LogP contribution in [-0.4, -0.2) is 11.1 Å². The summed E-state index contributed by atoms with van der Waals surface area (Å²) in [5.41, 5.74) is 7.91. The lowest BCUT2D eigenvalue weighted by molar-refractivity contribution is 0.465. The predicted octanol–water partition coefficient (Wildman–Crippen LogP) is 2.41. The molecule has 78 valence electrons. The van der Waals surface area contributed by atoms with Gasteiger partial charge in [0.15, 0.2) is 0 Å². The van der Waals surface area contributed by atoms with Crippen LogP contribution < -0.4 is 5.73 Å². The van der Waals surface area contributed by atoms with Crippen LogP contribution >= 0.6 is 0 Å². The number of nitrogens with two attached hydrogens (primary N) is 1. The Balaban J connectivity index is 2.96. The zero-order chi connectivity index (χ0) is 10.7. The van der Waals surface area contributed by atoms with Crippen LogP contribution in [0.1, 0.15) is 37.8 Å². The third-order valence-electron chi connectivity index (χ3n) is 2.31. The van der Waals surface area contributed by atoms with Gasteiger partial charge >= 0.3 is 0 Å². The van der Waals surface area contributed by atoms with Crippen LogP contribution in [0.2, 0.25) is 0 Å². The first-order chi connectivity index (χ1) is 6.50. The van der Waals surface area contributed by atoms with Crippen LogP contribution in [0.3, 0.4) is 0 Å². The van der Waals surface area contributed by atoms with Crippen molar-refractivity contribution in [3.05, 3.63) is 29.3 Å². The molecule has 3 N–H and O–H groups in total. The van der Waals surface area contributed by atoms with Gasteiger partial charge in [0.05, 0.1) is 0 Å². The van der Waals surface area contributed by atoms with Crippen LogP contribution in [0.15, 0.2) is 18.2 Å². The quantitative estimate of drug-likeness (QED) is 0.774. The van der Waals surface area contributed by atoms with Crippen LogP contribution in [0.4, 0.5) is 0 Å². The second-order valence-corrected chi connectivity index (χ2v) is 4.22. The fourth-order valence-corrected chi connectivity index (χ4v) is 1.47. The standard InChI is InChI=1S/C12H19NO/c1-8(2)10-4-5-12(14)11(7-10)6-9(3)13/h4-5,7-9,14H,6,13H2,1-3H3. The Bertz CT molecular complexity index is 305. The summed E-state index contributed by atoms with van der Waals surface area (Å²) in [7, 11) is 0. The largest absolute Gasteiger partial charge is 0.508 e. The highest BCUT2D eigenvalue weighted by Crippen LogP contribution is 2.23. The first-order valence-electron chi connectivity index (χ1n) is 5.08. The molecule has 0 aromatic heterocycles. The summed E-state index contributed by atoms with van der Waals surface area (Å²) < 4.78 is 0. The van der Waals surface area contributed by atoms with Gasteiger partial charge in [-0.25, -0.2) is 0 Å². The topological polar surface area (TPSA) is 46.2 Å². The maximum absolute atomic E-state index is 9.61. The van der Waals surface area contributed by atoms with Crippen molar-refractivity contribution in [2.45, 2.75) is 39.2 Å². The van der Waals surface area contributed by atoms with Crippen molar-refractivity contribution in [2.75, 3.05) is 0 Å². The lowest BCUT2D eigenvalue weighted by Crippen LogP contribution is -2.17. The molecule has 2 nitrogen and oxygen atoms in total. The van der Waals surface area contributed by atoms with Crippen molar-refractivity contribution in [2.24, 2.45) is 5.73 Å². The van der Waals surface area contributed by atoms with Gasteiger partial charge in [-0.3, -0.25) is 0 Å². The lowest BCUT2D eigenvalue weighted by Gasteiger charge is -2.11. The highest BCUT2D eigenvalue weighted by molar-refractivity contribution is 5.37. The van der Waals surface area contributed by atoms with Crippen molar-refractivity contribution in [1.82, 2.24) is 0 Å². The molecule has 0 fully saturated rings. The van der Waals surface area contributed by atoms with Crippen molar-refractivity contribution < 1.29 is 5.11 Å². The number of aromatic hydroxyl groups is 1. The van der Waals surface area contributed by atoms with Crippen LogP contribution in [0.25, 0.3) is 0 Å². The van der Waals surface area contributed by atoms with Gasteiger partial charge in [-0.15, -0.1) is 0 Å². The molecule has 1 rings (SSSR count). The number of rotatable bonds is 3. The van der Waals surface area contributed by atoms with Gasteiger partial charge in [0, 0.05) is 6.04 Å². The van der Waals surface area contributed by atoms with Crippen molar-refractivity contribution in [3.8, 4) is 5.75 Å². The molecule has 0 amide bonds. The van der Waals surface area contributed by atoms with E-state index < -0.39 is 0 Å². The molecular weight excluding hydrogens is 174 g/mol. The van der Waals surface area contributed by atoms with Gasteiger partial charge in [-0.05, 0) is 36.5 Å². The number of phenols is 1. The Morgan fingerprint density at radius 1 is 1.29 bits per heavy atom. The molecule has 0 bridgehead atoms. The van der Waals surface area contributed by atoms with E-state index in [4.69, 9.17) is 5.73 Å². The molecule has 1 aromatic carbocycles. The van der Waals surface area contributed by atoms with Crippen LogP contribution in [-0.2, 0) is 6.42 Å². The highest BCUT2D eigenvalue weighted by atomic mass is 16.3. The Morgan fingerprint density at radius 3 is 2.43 bits per heavy atom. The molecule has 0 saturated heterocycles. The van der Waals surface area contributed by atoms with Crippen LogP contribution in [0.5, 0.6) is 5.75 Å². The average molecular weight is 193 g/mol. The average Bonchev–Trinajstić information content (AvgIpc) is 2.07. The molecule has 0 heterocycles. The minimum Gasteiger partial charge on any atom is -0.508 e. The van der Waals surface area contributed by atoms with Gasteiger partial charge in [-0.1, -0.05) is 26.0 Å². The lowest BCUT2D eigenvalue weighted by atomic mass is 9.97. The smallest absolute Gasteiger partial charge is 0.118 e. The molecule has 1 atom stereocenters. The van der Waals surface area contributed by atoms with Gasteiger partial charge < -0.3 is 10.8 Å². The Hall–Kier alpha value is -1.02. The summed E-state index contributed by atoms with van der Waals surface area (Å²) in [6.45, 7) is 6.23.